The summed E-state index contributed by atoms with van der Waals surface area (Å²) >= 11 is 0. The molecular formula is C27H27N3O4. The number of fused-ring (bicyclic) bond motifs is 2. The van der Waals surface area contributed by atoms with Crippen molar-refractivity contribution in [3.63, 3.8) is 0 Å². The number of carbonyl (C=O) groups is 1. The number of amides is 1. The molecule has 1 aromatic heterocycles. The number of aromatic amines is 1. The Morgan fingerprint density at radius 1 is 0.882 bits per heavy atom. The van der Waals surface area contributed by atoms with Gasteiger partial charge in [-0.1, -0.05) is 12.1 Å². The van der Waals surface area contributed by atoms with Gasteiger partial charge in [0.2, 0.25) is 0 Å². The molecule has 1 aliphatic heterocycles. The van der Waals surface area contributed by atoms with Gasteiger partial charge in [-0.15, -0.1) is 0 Å². The number of carbonyl (C=O) groups excluding carboxylic acids is 1. The molecule has 0 aliphatic carbocycles. The van der Waals surface area contributed by atoms with Crippen LogP contribution in [0.4, 0.5) is 5.69 Å². The lowest BCUT2D eigenvalue weighted by atomic mass is 10.0. The third kappa shape index (κ3) is 3.90. The minimum atomic E-state index is -0.369. The molecule has 174 valence electrons. The largest absolute Gasteiger partial charge is 0.497 e. The Hall–Kier alpha value is -4.13. The number of nitrogens with one attached hydrogen (secondary N) is 2. The van der Waals surface area contributed by atoms with E-state index in [1.165, 1.54) is 0 Å². The van der Waals surface area contributed by atoms with Crippen LogP contribution in [0.3, 0.4) is 0 Å². The number of rotatable bonds is 7. The number of methoxy groups -OCH3 is 3. The summed E-state index contributed by atoms with van der Waals surface area (Å²) in [6.07, 6.45) is 2.32. The molecule has 0 saturated heterocycles. The summed E-state index contributed by atoms with van der Waals surface area (Å²) in [5.41, 5.74) is 4.53. The van der Waals surface area contributed by atoms with Gasteiger partial charge in [-0.05, 0) is 54.4 Å². The van der Waals surface area contributed by atoms with E-state index in [0.29, 0.717) is 30.0 Å². The number of benzene rings is 3. The van der Waals surface area contributed by atoms with Gasteiger partial charge >= 0.3 is 0 Å². The molecule has 0 bridgehead atoms. The van der Waals surface area contributed by atoms with Crippen LogP contribution in [0.2, 0.25) is 0 Å². The summed E-state index contributed by atoms with van der Waals surface area (Å²) in [5, 5.41) is 4.64. The van der Waals surface area contributed by atoms with E-state index < -0.39 is 0 Å². The van der Waals surface area contributed by atoms with E-state index in [1.807, 2.05) is 71.8 Å². The molecule has 4 aromatic rings. The third-order valence-electron chi connectivity index (χ3n) is 6.31. The van der Waals surface area contributed by atoms with E-state index in [2.05, 4.69) is 10.3 Å². The predicted octanol–water partition coefficient (Wildman–Crippen LogP) is 5.00. The highest BCUT2D eigenvalue weighted by atomic mass is 16.5. The second-order valence-corrected chi connectivity index (χ2v) is 8.21. The highest BCUT2D eigenvalue weighted by Crippen LogP contribution is 2.36. The molecule has 1 atom stereocenters. The third-order valence-corrected chi connectivity index (χ3v) is 6.31. The molecule has 0 saturated carbocycles. The average molecular weight is 458 g/mol. The first-order chi connectivity index (χ1) is 16.6. The van der Waals surface area contributed by atoms with Crippen LogP contribution in [0.5, 0.6) is 17.2 Å². The van der Waals surface area contributed by atoms with Gasteiger partial charge < -0.3 is 29.4 Å². The number of hydrogen-bond acceptors (Lipinski definition) is 5. The van der Waals surface area contributed by atoms with Crippen LogP contribution in [-0.4, -0.2) is 43.7 Å². The number of nitrogens with zero attached hydrogens (tertiary/aromatic N) is 1. The Morgan fingerprint density at radius 2 is 1.62 bits per heavy atom. The van der Waals surface area contributed by atoms with E-state index in [1.54, 1.807) is 21.3 Å². The molecule has 0 fully saturated rings. The number of anilines is 1. The molecule has 1 amide bonds. The zero-order valence-corrected chi connectivity index (χ0v) is 19.4. The summed E-state index contributed by atoms with van der Waals surface area (Å²) < 4.78 is 16.4. The van der Waals surface area contributed by atoms with Crippen LogP contribution in [0.1, 0.15) is 27.7 Å². The molecule has 2 heterocycles. The maximum absolute atomic E-state index is 13.6. The van der Waals surface area contributed by atoms with Crippen molar-refractivity contribution in [3.05, 3.63) is 83.6 Å². The number of ether oxygens (including phenoxy) is 3. The van der Waals surface area contributed by atoms with Crippen LogP contribution < -0.4 is 19.5 Å². The van der Waals surface area contributed by atoms with Crippen molar-refractivity contribution in [1.82, 2.24) is 9.88 Å². The van der Waals surface area contributed by atoms with Crippen molar-refractivity contribution in [2.24, 2.45) is 0 Å². The number of aromatic nitrogens is 1. The summed E-state index contributed by atoms with van der Waals surface area (Å²) in [5.74, 6) is 2.13. The zero-order valence-electron chi connectivity index (χ0n) is 19.4. The van der Waals surface area contributed by atoms with Crippen molar-refractivity contribution in [3.8, 4) is 17.2 Å². The summed E-state index contributed by atoms with van der Waals surface area (Å²) in [4.78, 5) is 18.8. The van der Waals surface area contributed by atoms with Gasteiger partial charge in [-0.3, -0.25) is 4.79 Å². The fourth-order valence-corrected chi connectivity index (χ4v) is 4.51. The SMILES string of the molecule is COc1cc(OC)cc(C2Nc3ccccc3C(=O)N2CCc2c[nH]c3ccc(OC)cc23)c1. The highest BCUT2D eigenvalue weighted by Gasteiger charge is 2.33. The first kappa shape index (κ1) is 21.7. The van der Waals surface area contributed by atoms with Crippen molar-refractivity contribution in [2.45, 2.75) is 12.6 Å². The first-order valence-corrected chi connectivity index (χ1v) is 11.1. The van der Waals surface area contributed by atoms with Crippen molar-refractivity contribution in [2.75, 3.05) is 33.2 Å². The Kier molecular flexibility index (Phi) is 5.76. The average Bonchev–Trinajstić information content (AvgIpc) is 3.29. The van der Waals surface area contributed by atoms with Crippen molar-refractivity contribution >= 4 is 22.5 Å². The van der Waals surface area contributed by atoms with Gasteiger partial charge in [0.15, 0.2) is 0 Å². The predicted molar refractivity (Wildman–Crippen MR) is 132 cm³/mol. The van der Waals surface area contributed by atoms with Crippen LogP contribution in [0.25, 0.3) is 10.9 Å². The van der Waals surface area contributed by atoms with Crippen molar-refractivity contribution in [1.29, 1.82) is 0 Å². The lowest BCUT2D eigenvalue weighted by molar-refractivity contribution is 0.0685. The molecule has 1 aliphatic rings. The quantitative estimate of drug-likeness (QED) is 0.408. The second kappa shape index (κ2) is 9.02. The monoisotopic (exact) mass is 457 g/mol. The molecule has 0 spiro atoms. The Morgan fingerprint density at radius 3 is 2.35 bits per heavy atom. The Balaban J connectivity index is 1.51. The van der Waals surface area contributed by atoms with Crippen LogP contribution in [0.15, 0.2) is 66.9 Å². The Labute approximate surface area is 198 Å². The van der Waals surface area contributed by atoms with E-state index in [0.717, 1.165) is 33.5 Å². The fourth-order valence-electron chi connectivity index (χ4n) is 4.51. The molecule has 1 unspecified atom stereocenters. The summed E-state index contributed by atoms with van der Waals surface area (Å²) in [6, 6.07) is 19.3. The first-order valence-electron chi connectivity index (χ1n) is 11.1. The van der Waals surface area contributed by atoms with Gasteiger partial charge in [0.1, 0.15) is 23.4 Å². The second-order valence-electron chi connectivity index (χ2n) is 8.21. The summed E-state index contributed by atoms with van der Waals surface area (Å²) in [6.45, 7) is 0.522. The summed E-state index contributed by atoms with van der Waals surface area (Å²) in [7, 11) is 4.91. The van der Waals surface area contributed by atoms with Gasteiger partial charge in [0, 0.05) is 41.0 Å². The zero-order chi connectivity index (χ0) is 23.7. The number of H-pyrrole nitrogens is 1. The standard InChI is InChI=1S/C27H27N3O4/c1-32-19-8-9-24-23(15-19)17(16-28-24)10-11-30-26(18-12-20(33-2)14-21(13-18)34-3)29-25-7-5-4-6-22(25)27(30)31/h4-9,12-16,26,28-29H,10-11H2,1-3H3. The molecule has 5 rings (SSSR count). The molecule has 7 nitrogen and oxygen atoms in total. The lowest BCUT2D eigenvalue weighted by Crippen LogP contribution is -2.44. The highest BCUT2D eigenvalue weighted by molar-refractivity contribution is 6.01. The topological polar surface area (TPSA) is 75.8 Å². The van der Waals surface area contributed by atoms with E-state index >= 15 is 0 Å². The van der Waals surface area contributed by atoms with Gasteiger partial charge in [0.05, 0.1) is 26.9 Å². The lowest BCUT2D eigenvalue weighted by Gasteiger charge is -2.38. The van der Waals surface area contributed by atoms with E-state index in [-0.39, 0.29) is 12.1 Å². The smallest absolute Gasteiger partial charge is 0.257 e. The molecule has 0 radical (unpaired) electrons. The van der Waals surface area contributed by atoms with Crippen LogP contribution >= 0.6 is 0 Å². The van der Waals surface area contributed by atoms with E-state index in [9.17, 15) is 4.79 Å². The molecule has 34 heavy (non-hydrogen) atoms. The van der Waals surface area contributed by atoms with Crippen LogP contribution in [-0.2, 0) is 6.42 Å². The molecule has 2 N–H and O–H groups in total. The maximum atomic E-state index is 13.6. The fraction of sp³-hybridized carbons (Fsp3) is 0.222. The van der Waals surface area contributed by atoms with Gasteiger partial charge in [-0.25, -0.2) is 0 Å². The minimum absolute atomic E-state index is 0.0152. The molecule has 3 aromatic carbocycles. The van der Waals surface area contributed by atoms with Gasteiger partial charge in [-0.2, -0.15) is 0 Å². The number of para-hydroxylation sites is 1. The maximum Gasteiger partial charge on any atom is 0.257 e. The molecule has 7 heteroatoms. The normalized spacial score (nSPS) is 15.1. The Bertz CT molecular complexity index is 1320. The van der Waals surface area contributed by atoms with Gasteiger partial charge in [0.25, 0.3) is 5.91 Å². The number of hydrogen-bond donors (Lipinski definition) is 2. The van der Waals surface area contributed by atoms with Crippen molar-refractivity contribution < 1.29 is 19.0 Å². The molecular weight excluding hydrogens is 430 g/mol. The van der Waals surface area contributed by atoms with Crippen LogP contribution in [0, 0.1) is 0 Å². The van der Waals surface area contributed by atoms with E-state index in [4.69, 9.17) is 14.2 Å². The minimum Gasteiger partial charge on any atom is -0.497 e.